The van der Waals surface area contributed by atoms with Gasteiger partial charge in [0.1, 0.15) is 12.4 Å². The molecule has 0 aromatic heterocycles. The predicted molar refractivity (Wildman–Crippen MR) is 82.4 cm³/mol. The molecule has 2 rings (SSSR count). The Labute approximate surface area is 125 Å². The fourth-order valence-electron chi connectivity index (χ4n) is 1.97. The lowest BCUT2D eigenvalue weighted by Crippen LogP contribution is -2.13. The van der Waals surface area contributed by atoms with Crippen LogP contribution in [-0.4, -0.2) is 11.1 Å². The Morgan fingerprint density at radius 2 is 1.76 bits per heavy atom. The van der Waals surface area contributed by atoms with E-state index < -0.39 is 5.97 Å². The third kappa shape index (κ3) is 4.09. The van der Waals surface area contributed by atoms with E-state index in [0.717, 1.165) is 11.1 Å². The zero-order chi connectivity index (χ0) is 15.5. The lowest BCUT2D eigenvalue weighted by molar-refractivity contribution is 0.0472. The minimum absolute atomic E-state index is 0.0779. The molecule has 0 fully saturated rings. The monoisotopic (exact) mass is 284 g/mol. The van der Waals surface area contributed by atoms with Crippen molar-refractivity contribution in [2.24, 2.45) is 0 Å². The van der Waals surface area contributed by atoms with E-state index in [2.05, 4.69) is 0 Å². The third-order valence-corrected chi connectivity index (χ3v) is 3.23. The summed E-state index contributed by atoms with van der Waals surface area (Å²) in [5.41, 5.74) is 2.06. The average molecular weight is 284 g/mol. The number of carbonyl (C=O) groups excluding carboxylic acids is 1. The molecule has 0 amide bonds. The maximum absolute atomic E-state index is 12.1. The number of rotatable bonds is 3. The molecule has 0 saturated carbocycles. The van der Waals surface area contributed by atoms with Gasteiger partial charge in [0.15, 0.2) is 0 Å². The van der Waals surface area contributed by atoms with E-state index in [1.807, 2.05) is 51.1 Å². The number of ether oxygens (including phenoxy) is 1. The lowest BCUT2D eigenvalue weighted by Gasteiger charge is -2.20. The number of esters is 1. The number of aromatic hydroxyl groups is 1. The van der Waals surface area contributed by atoms with E-state index >= 15 is 0 Å². The minimum atomic E-state index is -0.430. The van der Waals surface area contributed by atoms with E-state index in [-0.39, 0.29) is 17.8 Å². The van der Waals surface area contributed by atoms with Gasteiger partial charge in [0.2, 0.25) is 0 Å². The van der Waals surface area contributed by atoms with E-state index in [1.54, 1.807) is 12.1 Å². The Morgan fingerprint density at radius 3 is 2.38 bits per heavy atom. The molecular weight excluding hydrogens is 264 g/mol. The van der Waals surface area contributed by atoms with Crippen LogP contribution in [0.2, 0.25) is 0 Å². The number of phenols is 1. The van der Waals surface area contributed by atoms with Crippen LogP contribution in [0.15, 0.2) is 48.5 Å². The number of phenolic OH excluding ortho intramolecular Hbond substituents is 1. The van der Waals surface area contributed by atoms with Crippen molar-refractivity contribution in [3.63, 3.8) is 0 Å². The van der Waals surface area contributed by atoms with Crippen LogP contribution in [0.25, 0.3) is 0 Å². The maximum atomic E-state index is 12.1. The molecule has 21 heavy (non-hydrogen) atoms. The Hall–Kier alpha value is -2.29. The molecule has 3 nitrogen and oxygen atoms in total. The van der Waals surface area contributed by atoms with E-state index in [4.69, 9.17) is 4.74 Å². The van der Waals surface area contributed by atoms with Crippen LogP contribution in [0.3, 0.4) is 0 Å². The van der Waals surface area contributed by atoms with E-state index in [0.29, 0.717) is 5.56 Å². The fraction of sp³-hybridized carbons (Fsp3) is 0.278. The zero-order valence-corrected chi connectivity index (χ0v) is 12.6. The molecule has 0 aliphatic heterocycles. The first-order valence-electron chi connectivity index (χ1n) is 6.92. The van der Waals surface area contributed by atoms with Crippen molar-refractivity contribution in [2.45, 2.75) is 32.8 Å². The first kappa shape index (κ1) is 15.1. The highest BCUT2D eigenvalue weighted by molar-refractivity contribution is 5.90. The zero-order valence-electron chi connectivity index (χ0n) is 12.6. The molecule has 0 saturated heterocycles. The number of hydrogen-bond acceptors (Lipinski definition) is 3. The average Bonchev–Trinajstić information content (AvgIpc) is 2.44. The molecule has 2 aromatic rings. The smallest absolute Gasteiger partial charge is 0.338 e. The summed E-state index contributed by atoms with van der Waals surface area (Å²) in [5, 5.41) is 9.78. The lowest BCUT2D eigenvalue weighted by atomic mass is 9.86. The number of hydrogen-bond donors (Lipinski definition) is 1. The van der Waals surface area contributed by atoms with Crippen molar-refractivity contribution >= 4 is 5.97 Å². The van der Waals surface area contributed by atoms with E-state index in [9.17, 15) is 9.90 Å². The number of benzene rings is 2. The van der Waals surface area contributed by atoms with Crippen molar-refractivity contribution in [3.05, 3.63) is 65.2 Å². The molecule has 1 N–H and O–H groups in total. The second kappa shape index (κ2) is 6.00. The van der Waals surface area contributed by atoms with Gasteiger partial charge in [-0.05, 0) is 34.7 Å². The summed E-state index contributed by atoms with van der Waals surface area (Å²) >= 11 is 0. The molecule has 0 aliphatic rings. The molecule has 0 bridgehead atoms. The Balaban J connectivity index is 2.14. The standard InChI is InChI=1S/C18H20O3/c1-18(2,3)15-9-14(10-16(19)11-15)17(20)21-12-13-7-5-4-6-8-13/h4-11,19H,12H2,1-3H3. The third-order valence-electron chi connectivity index (χ3n) is 3.23. The Kier molecular flexibility index (Phi) is 4.32. The van der Waals surface area contributed by atoms with Gasteiger partial charge in [-0.3, -0.25) is 0 Å². The molecule has 110 valence electrons. The molecule has 0 aliphatic carbocycles. The van der Waals surface area contributed by atoms with Crippen LogP contribution in [-0.2, 0) is 16.8 Å². The first-order valence-corrected chi connectivity index (χ1v) is 6.92. The summed E-state index contributed by atoms with van der Waals surface area (Å²) in [4.78, 5) is 12.1. The maximum Gasteiger partial charge on any atom is 0.338 e. The topological polar surface area (TPSA) is 46.5 Å². The van der Waals surface area contributed by atoms with Gasteiger partial charge in [-0.2, -0.15) is 0 Å². The second-order valence-corrected chi connectivity index (χ2v) is 6.08. The van der Waals surface area contributed by atoms with Crippen molar-refractivity contribution in [1.82, 2.24) is 0 Å². The molecule has 0 heterocycles. The summed E-state index contributed by atoms with van der Waals surface area (Å²) in [6.45, 7) is 6.31. The summed E-state index contributed by atoms with van der Waals surface area (Å²) in [7, 11) is 0. The normalized spacial score (nSPS) is 11.2. The van der Waals surface area contributed by atoms with Crippen LogP contribution in [0, 0.1) is 0 Å². The van der Waals surface area contributed by atoms with Crippen LogP contribution in [0.5, 0.6) is 5.75 Å². The van der Waals surface area contributed by atoms with Gasteiger partial charge >= 0.3 is 5.97 Å². The highest BCUT2D eigenvalue weighted by atomic mass is 16.5. The van der Waals surface area contributed by atoms with Crippen LogP contribution in [0.1, 0.15) is 42.3 Å². The second-order valence-electron chi connectivity index (χ2n) is 6.08. The molecular formula is C18H20O3. The molecule has 0 radical (unpaired) electrons. The predicted octanol–water partition coefficient (Wildman–Crippen LogP) is 4.05. The van der Waals surface area contributed by atoms with Crippen molar-refractivity contribution in [1.29, 1.82) is 0 Å². The van der Waals surface area contributed by atoms with Crippen molar-refractivity contribution in [3.8, 4) is 5.75 Å². The summed E-state index contributed by atoms with van der Waals surface area (Å²) in [6.07, 6.45) is 0. The first-order chi connectivity index (χ1) is 9.86. The molecule has 0 atom stereocenters. The molecule has 0 unspecified atom stereocenters. The van der Waals surface area contributed by atoms with Gasteiger partial charge in [-0.1, -0.05) is 51.1 Å². The highest BCUT2D eigenvalue weighted by Crippen LogP contribution is 2.27. The molecule has 0 spiro atoms. The van der Waals surface area contributed by atoms with Crippen molar-refractivity contribution in [2.75, 3.05) is 0 Å². The summed E-state index contributed by atoms with van der Waals surface area (Å²) < 4.78 is 5.29. The minimum Gasteiger partial charge on any atom is -0.508 e. The van der Waals surface area contributed by atoms with Gasteiger partial charge in [0, 0.05) is 0 Å². The quantitative estimate of drug-likeness (QED) is 0.865. The van der Waals surface area contributed by atoms with E-state index in [1.165, 1.54) is 6.07 Å². The van der Waals surface area contributed by atoms with Crippen LogP contribution < -0.4 is 0 Å². The Morgan fingerprint density at radius 1 is 1.10 bits per heavy atom. The number of carbonyl (C=O) groups is 1. The molecule has 2 aromatic carbocycles. The van der Waals surface area contributed by atoms with Gasteiger partial charge < -0.3 is 9.84 Å². The molecule has 3 heteroatoms. The fourth-order valence-corrected chi connectivity index (χ4v) is 1.97. The van der Waals surface area contributed by atoms with Gasteiger partial charge in [-0.15, -0.1) is 0 Å². The van der Waals surface area contributed by atoms with Crippen molar-refractivity contribution < 1.29 is 14.6 Å². The largest absolute Gasteiger partial charge is 0.508 e. The summed E-state index contributed by atoms with van der Waals surface area (Å²) in [5.74, 6) is -0.352. The summed E-state index contributed by atoms with van der Waals surface area (Å²) in [6, 6.07) is 14.4. The Bertz CT molecular complexity index is 625. The van der Waals surface area contributed by atoms with Crippen LogP contribution in [0.4, 0.5) is 0 Å². The highest BCUT2D eigenvalue weighted by Gasteiger charge is 2.18. The van der Waals surface area contributed by atoms with Gasteiger partial charge in [-0.25, -0.2) is 4.79 Å². The van der Waals surface area contributed by atoms with Gasteiger partial charge in [0.25, 0.3) is 0 Å². The SMILES string of the molecule is CC(C)(C)c1cc(O)cc(C(=O)OCc2ccccc2)c1. The van der Waals surface area contributed by atoms with Crippen LogP contribution >= 0.6 is 0 Å². The van der Waals surface area contributed by atoms with Gasteiger partial charge in [0.05, 0.1) is 5.56 Å².